The molecule has 3 heteroatoms. The Balaban J connectivity index is 1.62. The zero-order chi connectivity index (χ0) is 14.8. The minimum atomic E-state index is 0.358. The molecule has 114 valence electrons. The summed E-state index contributed by atoms with van der Waals surface area (Å²) < 4.78 is 6.13. The fourth-order valence-electron chi connectivity index (χ4n) is 3.54. The number of hydrogen-bond donors (Lipinski definition) is 1. The molecule has 1 fully saturated rings. The van der Waals surface area contributed by atoms with Crippen LogP contribution in [0.4, 0.5) is 11.4 Å². The predicted octanol–water partition coefficient (Wildman–Crippen LogP) is 4.64. The molecule has 1 heterocycles. The Morgan fingerprint density at radius 3 is 2.64 bits per heavy atom. The molecule has 0 aliphatic heterocycles. The van der Waals surface area contributed by atoms with Gasteiger partial charge in [-0.3, -0.25) is 0 Å². The fraction of sp³-hybridized carbons (Fsp3) is 0.421. The maximum absolute atomic E-state index is 6.13. The number of anilines is 2. The van der Waals surface area contributed by atoms with Gasteiger partial charge in [0.1, 0.15) is 6.10 Å². The minimum Gasteiger partial charge on any atom is -0.474 e. The number of rotatable bonds is 4. The number of nitrogens with zero attached hydrogens (tertiary/aromatic N) is 1. The lowest BCUT2D eigenvalue weighted by Crippen LogP contribution is -2.13. The molecule has 0 radical (unpaired) electrons. The van der Waals surface area contributed by atoms with E-state index in [-0.39, 0.29) is 0 Å². The minimum absolute atomic E-state index is 0.358. The van der Waals surface area contributed by atoms with Crippen molar-refractivity contribution < 1.29 is 4.74 Å². The van der Waals surface area contributed by atoms with Crippen molar-refractivity contribution >= 4 is 11.4 Å². The Labute approximate surface area is 131 Å². The highest BCUT2D eigenvalue weighted by molar-refractivity contribution is 5.66. The van der Waals surface area contributed by atoms with E-state index in [2.05, 4.69) is 35.6 Å². The van der Waals surface area contributed by atoms with E-state index < -0.39 is 0 Å². The number of ether oxygens (including phenoxy) is 1. The van der Waals surface area contributed by atoms with Crippen molar-refractivity contribution in [3.8, 4) is 5.88 Å². The molecule has 0 amide bonds. The van der Waals surface area contributed by atoms with Crippen LogP contribution < -0.4 is 10.1 Å². The van der Waals surface area contributed by atoms with Crippen LogP contribution in [0.15, 0.2) is 36.4 Å². The van der Waals surface area contributed by atoms with Crippen molar-refractivity contribution in [1.82, 2.24) is 4.98 Å². The Bertz CT molecular complexity index is 648. The average Bonchev–Trinajstić information content (AvgIpc) is 3.20. The van der Waals surface area contributed by atoms with Gasteiger partial charge in [0.25, 0.3) is 0 Å². The monoisotopic (exact) mass is 294 g/mol. The lowest BCUT2D eigenvalue weighted by Gasteiger charge is -2.16. The van der Waals surface area contributed by atoms with Gasteiger partial charge in [0.15, 0.2) is 0 Å². The van der Waals surface area contributed by atoms with Crippen LogP contribution in [0.2, 0.25) is 0 Å². The lowest BCUT2D eigenvalue weighted by molar-refractivity contribution is 0.201. The average molecular weight is 294 g/mol. The van der Waals surface area contributed by atoms with Crippen LogP contribution in [0, 0.1) is 0 Å². The molecule has 1 aromatic heterocycles. The van der Waals surface area contributed by atoms with Crippen molar-refractivity contribution in [2.75, 3.05) is 5.32 Å². The van der Waals surface area contributed by atoms with E-state index in [1.807, 2.05) is 6.07 Å². The molecular weight excluding hydrogens is 272 g/mol. The molecule has 4 rings (SSSR count). The highest BCUT2D eigenvalue weighted by Gasteiger charge is 2.21. The van der Waals surface area contributed by atoms with Crippen molar-refractivity contribution in [2.45, 2.75) is 51.0 Å². The third-order valence-electron chi connectivity index (χ3n) is 4.67. The van der Waals surface area contributed by atoms with E-state index in [0.717, 1.165) is 24.4 Å². The summed E-state index contributed by atoms with van der Waals surface area (Å²) in [5.41, 5.74) is 4.87. The summed E-state index contributed by atoms with van der Waals surface area (Å²) in [5.74, 6) is 0.797. The summed E-state index contributed by atoms with van der Waals surface area (Å²) in [6, 6.07) is 12.4. The quantitative estimate of drug-likeness (QED) is 0.892. The second kappa shape index (κ2) is 5.99. The summed E-state index contributed by atoms with van der Waals surface area (Å²) in [6.07, 6.45) is 8.63. The first-order valence-electron chi connectivity index (χ1n) is 8.40. The molecule has 0 saturated heterocycles. The van der Waals surface area contributed by atoms with Crippen LogP contribution in [-0.4, -0.2) is 11.1 Å². The lowest BCUT2D eigenvalue weighted by atomic mass is 10.1. The van der Waals surface area contributed by atoms with Crippen molar-refractivity contribution in [3.05, 3.63) is 47.7 Å². The Morgan fingerprint density at radius 2 is 1.82 bits per heavy atom. The van der Waals surface area contributed by atoms with E-state index >= 15 is 0 Å². The smallest absolute Gasteiger partial charge is 0.215 e. The Morgan fingerprint density at radius 1 is 1.00 bits per heavy atom. The molecule has 2 aliphatic carbocycles. The normalized spacial score (nSPS) is 17.5. The molecule has 2 aromatic rings. The van der Waals surface area contributed by atoms with Gasteiger partial charge in [0.05, 0.1) is 0 Å². The number of fused-ring (bicyclic) bond motifs is 1. The third kappa shape index (κ3) is 2.80. The first kappa shape index (κ1) is 13.6. The number of aromatic nitrogens is 1. The molecular formula is C19H22N2O. The van der Waals surface area contributed by atoms with Gasteiger partial charge in [-0.2, -0.15) is 0 Å². The maximum Gasteiger partial charge on any atom is 0.215 e. The largest absolute Gasteiger partial charge is 0.474 e. The van der Waals surface area contributed by atoms with Gasteiger partial charge in [-0.05, 0) is 62.6 Å². The SMILES string of the molecule is c1ccc(Nc2cc(OC3CCCC3)nc3c2CCC3)cc1. The molecule has 22 heavy (non-hydrogen) atoms. The summed E-state index contributed by atoms with van der Waals surface area (Å²) in [6.45, 7) is 0. The van der Waals surface area contributed by atoms with Crippen LogP contribution in [0.25, 0.3) is 0 Å². The second-order valence-electron chi connectivity index (χ2n) is 6.30. The topological polar surface area (TPSA) is 34.1 Å². The summed E-state index contributed by atoms with van der Waals surface area (Å²) in [7, 11) is 0. The number of para-hydroxylation sites is 1. The number of pyridine rings is 1. The molecule has 1 N–H and O–H groups in total. The van der Waals surface area contributed by atoms with Crippen molar-refractivity contribution in [1.29, 1.82) is 0 Å². The Hall–Kier alpha value is -2.03. The van der Waals surface area contributed by atoms with Gasteiger partial charge in [0, 0.05) is 23.1 Å². The zero-order valence-corrected chi connectivity index (χ0v) is 12.8. The maximum atomic E-state index is 6.13. The van der Waals surface area contributed by atoms with E-state index in [4.69, 9.17) is 9.72 Å². The van der Waals surface area contributed by atoms with E-state index in [9.17, 15) is 0 Å². The van der Waals surface area contributed by atoms with Gasteiger partial charge in [-0.1, -0.05) is 18.2 Å². The van der Waals surface area contributed by atoms with Gasteiger partial charge in [-0.15, -0.1) is 0 Å². The summed E-state index contributed by atoms with van der Waals surface area (Å²) in [5, 5.41) is 3.55. The van der Waals surface area contributed by atoms with Gasteiger partial charge in [0.2, 0.25) is 5.88 Å². The van der Waals surface area contributed by atoms with Crippen LogP contribution in [-0.2, 0) is 12.8 Å². The van der Waals surface area contributed by atoms with Gasteiger partial charge >= 0.3 is 0 Å². The van der Waals surface area contributed by atoms with Crippen molar-refractivity contribution in [3.63, 3.8) is 0 Å². The predicted molar refractivity (Wildman–Crippen MR) is 88.9 cm³/mol. The standard InChI is InChI=1S/C19H22N2O/c1-2-7-14(8-3-1)20-18-13-19(22-15-9-4-5-10-15)21-17-12-6-11-16(17)18/h1-3,7-8,13,15H,4-6,9-12H2,(H,20,21). The molecule has 1 aromatic carbocycles. The second-order valence-corrected chi connectivity index (χ2v) is 6.30. The number of nitrogens with one attached hydrogen (secondary N) is 1. The van der Waals surface area contributed by atoms with Gasteiger partial charge in [-0.25, -0.2) is 4.98 Å². The molecule has 1 saturated carbocycles. The van der Waals surface area contributed by atoms with E-state index in [0.29, 0.717) is 6.10 Å². The number of benzene rings is 1. The third-order valence-corrected chi connectivity index (χ3v) is 4.67. The molecule has 3 nitrogen and oxygen atoms in total. The summed E-state index contributed by atoms with van der Waals surface area (Å²) >= 11 is 0. The van der Waals surface area contributed by atoms with Crippen LogP contribution in [0.1, 0.15) is 43.4 Å². The molecule has 0 spiro atoms. The van der Waals surface area contributed by atoms with E-state index in [1.165, 1.54) is 49.0 Å². The van der Waals surface area contributed by atoms with Crippen LogP contribution in [0.5, 0.6) is 5.88 Å². The molecule has 0 atom stereocenters. The van der Waals surface area contributed by atoms with Crippen LogP contribution >= 0.6 is 0 Å². The number of hydrogen-bond acceptors (Lipinski definition) is 3. The summed E-state index contributed by atoms with van der Waals surface area (Å²) in [4.78, 5) is 4.76. The van der Waals surface area contributed by atoms with Crippen molar-refractivity contribution in [2.24, 2.45) is 0 Å². The molecule has 0 bridgehead atoms. The molecule has 0 unspecified atom stereocenters. The van der Waals surface area contributed by atoms with E-state index in [1.54, 1.807) is 0 Å². The first-order chi connectivity index (χ1) is 10.9. The highest BCUT2D eigenvalue weighted by atomic mass is 16.5. The van der Waals surface area contributed by atoms with Crippen LogP contribution in [0.3, 0.4) is 0 Å². The highest BCUT2D eigenvalue weighted by Crippen LogP contribution is 2.34. The zero-order valence-electron chi connectivity index (χ0n) is 12.8. The molecule has 2 aliphatic rings. The first-order valence-corrected chi connectivity index (χ1v) is 8.40. The fourth-order valence-corrected chi connectivity index (χ4v) is 3.54. The Kier molecular flexibility index (Phi) is 3.71. The number of aryl methyl sites for hydroxylation is 1. The van der Waals surface area contributed by atoms with Gasteiger partial charge < -0.3 is 10.1 Å².